The van der Waals surface area contributed by atoms with Crippen LogP contribution in [0.5, 0.6) is 0 Å². The molecule has 0 aliphatic heterocycles. The molecule has 18 heavy (non-hydrogen) atoms. The summed E-state index contributed by atoms with van der Waals surface area (Å²) in [4.78, 5) is 23.0. The highest BCUT2D eigenvalue weighted by atomic mass is 16.2. The van der Waals surface area contributed by atoms with Crippen molar-refractivity contribution in [3.63, 3.8) is 0 Å². The van der Waals surface area contributed by atoms with Gasteiger partial charge in [-0.3, -0.25) is 9.59 Å². The van der Waals surface area contributed by atoms with Gasteiger partial charge < -0.3 is 0 Å². The maximum absolute atomic E-state index is 11.5. The molecule has 2 N–H and O–H groups in total. The second-order valence-electron chi connectivity index (χ2n) is 3.23. The number of carbonyl (C=O) groups excluding carboxylic acids is 2. The Morgan fingerprint density at radius 3 is 1.50 bits per heavy atom. The molecule has 0 atom stereocenters. The highest BCUT2D eigenvalue weighted by Gasteiger charge is 2.07. The van der Waals surface area contributed by atoms with Gasteiger partial charge in [-0.05, 0) is 38.1 Å². The number of amides is 2. The normalized spacial score (nSPS) is 10.8. The van der Waals surface area contributed by atoms with Gasteiger partial charge >= 0.3 is 0 Å². The SMILES string of the molecule is CC=NNC(=O)c1ccc(C(=O)NN=CC)cc1. The zero-order valence-corrected chi connectivity index (χ0v) is 10.2. The van der Waals surface area contributed by atoms with Gasteiger partial charge in [-0.25, -0.2) is 10.9 Å². The molecule has 0 unspecified atom stereocenters. The van der Waals surface area contributed by atoms with Crippen LogP contribution in [0.25, 0.3) is 0 Å². The average Bonchev–Trinajstić information content (AvgIpc) is 2.42. The fourth-order valence-electron chi connectivity index (χ4n) is 1.15. The van der Waals surface area contributed by atoms with E-state index in [2.05, 4.69) is 21.1 Å². The zero-order chi connectivity index (χ0) is 13.4. The van der Waals surface area contributed by atoms with Crippen LogP contribution in [-0.4, -0.2) is 24.2 Å². The molecule has 0 spiro atoms. The van der Waals surface area contributed by atoms with Crippen molar-refractivity contribution < 1.29 is 9.59 Å². The van der Waals surface area contributed by atoms with Gasteiger partial charge in [0.2, 0.25) is 0 Å². The molecule has 0 saturated carbocycles. The molecule has 0 aromatic heterocycles. The molecule has 0 bridgehead atoms. The van der Waals surface area contributed by atoms with Crippen LogP contribution < -0.4 is 10.9 Å². The van der Waals surface area contributed by atoms with Gasteiger partial charge in [-0.1, -0.05) is 0 Å². The summed E-state index contributed by atoms with van der Waals surface area (Å²) in [5.74, 6) is -0.654. The molecular weight excluding hydrogens is 232 g/mol. The molecule has 2 amide bonds. The van der Waals surface area contributed by atoms with Crippen molar-refractivity contribution in [3.8, 4) is 0 Å². The maximum atomic E-state index is 11.5. The van der Waals surface area contributed by atoms with Crippen LogP contribution in [-0.2, 0) is 0 Å². The minimum absolute atomic E-state index is 0.327. The Kier molecular flexibility index (Phi) is 5.24. The van der Waals surface area contributed by atoms with Crippen molar-refractivity contribution in [2.24, 2.45) is 10.2 Å². The van der Waals surface area contributed by atoms with Gasteiger partial charge in [-0.2, -0.15) is 10.2 Å². The number of hydrazone groups is 2. The Morgan fingerprint density at radius 1 is 0.889 bits per heavy atom. The number of rotatable bonds is 4. The number of benzene rings is 1. The summed E-state index contributed by atoms with van der Waals surface area (Å²) >= 11 is 0. The van der Waals surface area contributed by atoms with Crippen LogP contribution in [0.3, 0.4) is 0 Å². The monoisotopic (exact) mass is 246 g/mol. The van der Waals surface area contributed by atoms with E-state index in [1.807, 2.05) is 0 Å². The number of nitrogens with one attached hydrogen (secondary N) is 2. The van der Waals surface area contributed by atoms with Crippen molar-refractivity contribution in [2.75, 3.05) is 0 Å². The molecule has 1 aromatic carbocycles. The molecule has 1 aromatic rings. The molecule has 1 rings (SSSR count). The van der Waals surface area contributed by atoms with Crippen molar-refractivity contribution in [1.82, 2.24) is 10.9 Å². The minimum atomic E-state index is -0.327. The Labute approximate surface area is 105 Å². The second-order valence-corrected chi connectivity index (χ2v) is 3.23. The van der Waals surface area contributed by atoms with Crippen molar-refractivity contribution in [1.29, 1.82) is 0 Å². The van der Waals surface area contributed by atoms with Gasteiger partial charge in [0, 0.05) is 23.6 Å². The van der Waals surface area contributed by atoms with E-state index >= 15 is 0 Å². The van der Waals surface area contributed by atoms with Gasteiger partial charge in [0.15, 0.2) is 0 Å². The molecule has 6 nitrogen and oxygen atoms in total. The first-order valence-corrected chi connectivity index (χ1v) is 5.35. The second kappa shape index (κ2) is 6.95. The first-order chi connectivity index (χ1) is 8.69. The van der Waals surface area contributed by atoms with Crippen LogP contribution in [0, 0.1) is 0 Å². The standard InChI is InChI=1S/C12H14N4O2/c1-3-13-15-11(17)9-5-7-10(8-6-9)12(18)16-14-4-2/h3-8H,1-2H3,(H,15,17)(H,16,18). The Balaban J connectivity index is 2.73. The van der Waals surface area contributed by atoms with E-state index in [0.717, 1.165) is 0 Å². The van der Waals surface area contributed by atoms with Crippen LogP contribution in [0.15, 0.2) is 34.5 Å². The molecule has 0 fully saturated rings. The van der Waals surface area contributed by atoms with Gasteiger partial charge in [-0.15, -0.1) is 0 Å². The van der Waals surface area contributed by atoms with Crippen LogP contribution in [0.2, 0.25) is 0 Å². The molecule has 0 radical (unpaired) electrons. The lowest BCUT2D eigenvalue weighted by molar-refractivity contribution is 0.0943. The van der Waals surface area contributed by atoms with E-state index in [1.165, 1.54) is 12.4 Å². The smallest absolute Gasteiger partial charge is 0.267 e. The summed E-state index contributed by atoms with van der Waals surface area (Å²) in [7, 11) is 0. The fourth-order valence-corrected chi connectivity index (χ4v) is 1.15. The third-order valence-electron chi connectivity index (χ3n) is 2.00. The molecule has 0 aliphatic rings. The topological polar surface area (TPSA) is 82.9 Å². The first-order valence-electron chi connectivity index (χ1n) is 5.35. The van der Waals surface area contributed by atoms with Crippen molar-refractivity contribution >= 4 is 24.2 Å². The number of hydrogen-bond donors (Lipinski definition) is 2. The molecule has 0 heterocycles. The van der Waals surface area contributed by atoms with Gasteiger partial charge in [0.05, 0.1) is 0 Å². The average molecular weight is 246 g/mol. The Morgan fingerprint density at radius 2 is 1.22 bits per heavy atom. The van der Waals surface area contributed by atoms with E-state index in [1.54, 1.807) is 38.1 Å². The predicted octanol–water partition coefficient (Wildman–Crippen LogP) is 1.16. The summed E-state index contributed by atoms with van der Waals surface area (Å²) in [5, 5.41) is 7.25. The van der Waals surface area contributed by atoms with E-state index in [-0.39, 0.29) is 11.8 Å². The summed E-state index contributed by atoms with van der Waals surface area (Å²) in [6, 6.07) is 6.19. The molecule has 94 valence electrons. The largest absolute Gasteiger partial charge is 0.271 e. The van der Waals surface area contributed by atoms with Gasteiger partial charge in [0.1, 0.15) is 0 Å². The van der Waals surface area contributed by atoms with E-state index in [0.29, 0.717) is 11.1 Å². The minimum Gasteiger partial charge on any atom is -0.267 e. The predicted molar refractivity (Wildman–Crippen MR) is 69.7 cm³/mol. The molecular formula is C12H14N4O2. The summed E-state index contributed by atoms with van der Waals surface area (Å²) < 4.78 is 0. The fraction of sp³-hybridized carbons (Fsp3) is 0.167. The van der Waals surface area contributed by atoms with E-state index < -0.39 is 0 Å². The first kappa shape index (κ1) is 13.6. The highest BCUT2D eigenvalue weighted by Crippen LogP contribution is 2.04. The number of carbonyl (C=O) groups is 2. The van der Waals surface area contributed by atoms with E-state index in [4.69, 9.17) is 0 Å². The van der Waals surface area contributed by atoms with Gasteiger partial charge in [0.25, 0.3) is 11.8 Å². The maximum Gasteiger partial charge on any atom is 0.271 e. The lowest BCUT2D eigenvalue weighted by Crippen LogP contribution is -2.19. The lowest BCUT2D eigenvalue weighted by atomic mass is 10.1. The molecule has 0 aliphatic carbocycles. The third kappa shape index (κ3) is 3.82. The Bertz CT molecular complexity index is 432. The third-order valence-corrected chi connectivity index (χ3v) is 2.00. The molecule has 0 saturated heterocycles. The summed E-state index contributed by atoms with van der Waals surface area (Å²) in [5.41, 5.74) is 5.53. The van der Waals surface area contributed by atoms with Crippen molar-refractivity contribution in [3.05, 3.63) is 35.4 Å². The van der Waals surface area contributed by atoms with Crippen molar-refractivity contribution in [2.45, 2.75) is 13.8 Å². The highest BCUT2D eigenvalue weighted by molar-refractivity contribution is 5.97. The van der Waals surface area contributed by atoms with Crippen LogP contribution >= 0.6 is 0 Å². The zero-order valence-electron chi connectivity index (χ0n) is 10.2. The number of nitrogens with zero attached hydrogens (tertiary/aromatic N) is 2. The Hall–Kier alpha value is -2.50. The van der Waals surface area contributed by atoms with Crippen LogP contribution in [0.1, 0.15) is 34.6 Å². The summed E-state index contributed by atoms with van der Waals surface area (Å²) in [6.07, 6.45) is 2.95. The van der Waals surface area contributed by atoms with Crippen LogP contribution in [0.4, 0.5) is 0 Å². The lowest BCUT2D eigenvalue weighted by Gasteiger charge is -2.02. The van der Waals surface area contributed by atoms with E-state index in [9.17, 15) is 9.59 Å². The summed E-state index contributed by atoms with van der Waals surface area (Å²) in [6.45, 7) is 3.39. The number of hydrogen-bond acceptors (Lipinski definition) is 4. The molecule has 6 heteroatoms. The quantitative estimate of drug-likeness (QED) is 0.617.